The lowest BCUT2D eigenvalue weighted by Gasteiger charge is -2.18. The lowest BCUT2D eigenvalue weighted by Crippen LogP contribution is -2.25. The summed E-state index contributed by atoms with van der Waals surface area (Å²) in [6, 6.07) is 12.8. The number of carbonyl (C=O) groups excluding carboxylic acids is 1. The van der Waals surface area contributed by atoms with Gasteiger partial charge in [-0.15, -0.1) is 0 Å². The highest BCUT2D eigenvalue weighted by Crippen LogP contribution is 2.28. The molecule has 0 aliphatic heterocycles. The largest absolute Gasteiger partial charge is 0.322 e. The van der Waals surface area contributed by atoms with Crippen molar-refractivity contribution in [3.63, 3.8) is 0 Å². The van der Waals surface area contributed by atoms with Gasteiger partial charge in [-0.05, 0) is 36.4 Å². The molecule has 2 aromatic carbocycles. The Bertz CT molecular complexity index is 936. The predicted molar refractivity (Wildman–Crippen MR) is 93.8 cm³/mol. The highest BCUT2D eigenvalue weighted by Gasteiger charge is 2.17. The number of benzene rings is 2. The molecule has 0 aliphatic carbocycles. The molecule has 6 nitrogen and oxygen atoms in total. The number of carbonyl (C=O) groups is 1. The van der Waals surface area contributed by atoms with Crippen molar-refractivity contribution in [1.82, 2.24) is 0 Å². The molecule has 0 saturated heterocycles. The van der Waals surface area contributed by atoms with Crippen molar-refractivity contribution in [2.45, 2.75) is 0 Å². The summed E-state index contributed by atoms with van der Waals surface area (Å²) in [5, 5.41) is 11.7. The van der Waals surface area contributed by atoms with Crippen LogP contribution in [0.5, 0.6) is 0 Å². The van der Waals surface area contributed by atoms with Crippen LogP contribution in [-0.4, -0.2) is 27.6 Å². The van der Waals surface area contributed by atoms with Crippen molar-refractivity contribution >= 4 is 38.9 Å². The van der Waals surface area contributed by atoms with Gasteiger partial charge < -0.3 is 5.32 Å². The first-order chi connectivity index (χ1) is 11.2. The molecule has 24 heavy (non-hydrogen) atoms. The Morgan fingerprint density at radius 3 is 2.58 bits per heavy atom. The van der Waals surface area contributed by atoms with Gasteiger partial charge in [-0.3, -0.25) is 9.10 Å². The van der Waals surface area contributed by atoms with E-state index in [1.165, 1.54) is 31.3 Å². The lowest BCUT2D eigenvalue weighted by atomic mass is 10.1. The van der Waals surface area contributed by atoms with E-state index in [2.05, 4.69) is 5.32 Å². The van der Waals surface area contributed by atoms with Crippen LogP contribution in [0.15, 0.2) is 42.5 Å². The fourth-order valence-electron chi connectivity index (χ4n) is 1.94. The topological polar surface area (TPSA) is 90.3 Å². The van der Waals surface area contributed by atoms with Crippen molar-refractivity contribution in [2.24, 2.45) is 0 Å². The minimum absolute atomic E-state index is 0.206. The molecule has 1 amide bonds. The Kier molecular flexibility index (Phi) is 5.12. The second kappa shape index (κ2) is 6.91. The third-order valence-corrected chi connectivity index (χ3v) is 4.81. The number of nitriles is 1. The maximum absolute atomic E-state index is 12.3. The van der Waals surface area contributed by atoms with Crippen molar-refractivity contribution in [2.75, 3.05) is 22.9 Å². The Hall–Kier alpha value is -2.56. The van der Waals surface area contributed by atoms with E-state index in [0.717, 1.165) is 10.6 Å². The highest BCUT2D eigenvalue weighted by atomic mass is 35.5. The van der Waals surface area contributed by atoms with Gasteiger partial charge >= 0.3 is 0 Å². The molecule has 8 heteroatoms. The number of hydrogen-bond donors (Lipinski definition) is 1. The lowest BCUT2D eigenvalue weighted by molar-refractivity contribution is 0.102. The van der Waals surface area contributed by atoms with Gasteiger partial charge in [0, 0.05) is 18.3 Å². The molecule has 0 aliphatic rings. The van der Waals surface area contributed by atoms with Gasteiger partial charge in [0.1, 0.15) is 0 Å². The molecule has 0 fully saturated rings. The van der Waals surface area contributed by atoms with Crippen LogP contribution in [0.25, 0.3) is 0 Å². The molecule has 0 saturated carbocycles. The molecule has 0 atom stereocenters. The molecule has 0 bridgehead atoms. The smallest absolute Gasteiger partial charge is 0.255 e. The molecule has 2 aromatic rings. The maximum atomic E-state index is 12.3. The normalized spacial score (nSPS) is 10.8. The fraction of sp³-hybridized carbons (Fsp3) is 0.125. The number of anilines is 2. The molecule has 1 N–H and O–H groups in total. The zero-order chi connectivity index (χ0) is 17.9. The number of nitrogens with zero attached hydrogens (tertiary/aromatic N) is 2. The molecule has 0 heterocycles. The van der Waals surface area contributed by atoms with Gasteiger partial charge in [-0.25, -0.2) is 8.42 Å². The SMILES string of the molecule is CN(c1cc(C(=O)Nc2cccc(C#N)c2)ccc1Cl)S(C)(=O)=O. The monoisotopic (exact) mass is 363 g/mol. The van der Waals surface area contributed by atoms with Crippen molar-refractivity contribution < 1.29 is 13.2 Å². The summed E-state index contributed by atoms with van der Waals surface area (Å²) in [4.78, 5) is 12.3. The Morgan fingerprint density at radius 2 is 1.96 bits per heavy atom. The van der Waals surface area contributed by atoms with E-state index >= 15 is 0 Å². The number of nitrogens with one attached hydrogen (secondary N) is 1. The Morgan fingerprint density at radius 1 is 1.25 bits per heavy atom. The molecule has 0 aromatic heterocycles. The van der Waals surface area contributed by atoms with Crippen LogP contribution in [0.1, 0.15) is 15.9 Å². The minimum atomic E-state index is -3.51. The molecule has 0 unspecified atom stereocenters. The third kappa shape index (κ3) is 4.04. The number of sulfonamides is 1. The van der Waals surface area contributed by atoms with Crippen LogP contribution in [0.4, 0.5) is 11.4 Å². The average molecular weight is 364 g/mol. The molecule has 124 valence electrons. The van der Waals surface area contributed by atoms with E-state index in [4.69, 9.17) is 16.9 Å². The first-order valence-corrected chi connectivity index (χ1v) is 9.00. The molecular formula is C16H14ClN3O3S. The number of halogens is 1. The van der Waals surface area contributed by atoms with Crippen LogP contribution >= 0.6 is 11.6 Å². The quantitative estimate of drug-likeness (QED) is 0.904. The van der Waals surface area contributed by atoms with Crippen molar-refractivity contribution in [3.05, 3.63) is 58.6 Å². The summed E-state index contributed by atoms with van der Waals surface area (Å²) >= 11 is 6.03. The maximum Gasteiger partial charge on any atom is 0.255 e. The molecule has 0 spiro atoms. The van der Waals surface area contributed by atoms with Crippen LogP contribution < -0.4 is 9.62 Å². The van der Waals surface area contributed by atoms with Crippen LogP contribution in [0.2, 0.25) is 5.02 Å². The van der Waals surface area contributed by atoms with E-state index in [0.29, 0.717) is 11.3 Å². The summed E-state index contributed by atoms with van der Waals surface area (Å²) in [7, 11) is -2.15. The van der Waals surface area contributed by atoms with E-state index in [-0.39, 0.29) is 16.3 Å². The van der Waals surface area contributed by atoms with Crippen LogP contribution in [-0.2, 0) is 10.0 Å². The number of rotatable bonds is 4. The zero-order valence-corrected chi connectivity index (χ0v) is 14.5. The second-order valence-electron chi connectivity index (χ2n) is 5.04. The Labute approximate surface area is 145 Å². The predicted octanol–water partition coefficient (Wildman–Crippen LogP) is 2.86. The summed E-state index contributed by atoms with van der Waals surface area (Å²) in [5.41, 5.74) is 1.33. The standard InChI is InChI=1S/C16H14ClN3O3S/c1-20(24(2,22)23)15-9-12(6-7-14(15)17)16(21)19-13-5-3-4-11(8-13)10-18/h3-9H,1-2H3,(H,19,21). The van der Waals surface area contributed by atoms with E-state index in [9.17, 15) is 13.2 Å². The number of hydrogen-bond acceptors (Lipinski definition) is 4. The summed E-state index contributed by atoms with van der Waals surface area (Å²) in [6.45, 7) is 0. The summed E-state index contributed by atoms with van der Waals surface area (Å²) in [5.74, 6) is -0.440. The van der Waals surface area contributed by atoms with E-state index < -0.39 is 15.9 Å². The average Bonchev–Trinajstić information content (AvgIpc) is 2.53. The van der Waals surface area contributed by atoms with Crippen molar-refractivity contribution in [3.8, 4) is 6.07 Å². The molecule has 2 rings (SSSR count). The summed E-state index contributed by atoms with van der Waals surface area (Å²) < 4.78 is 24.3. The van der Waals surface area contributed by atoms with E-state index in [1.54, 1.807) is 18.2 Å². The Balaban J connectivity index is 2.32. The molecular weight excluding hydrogens is 350 g/mol. The van der Waals surface area contributed by atoms with Gasteiger partial charge in [0.25, 0.3) is 5.91 Å². The first-order valence-electron chi connectivity index (χ1n) is 6.77. The van der Waals surface area contributed by atoms with Gasteiger partial charge in [0.2, 0.25) is 10.0 Å². The van der Waals surface area contributed by atoms with Gasteiger partial charge in [0.05, 0.1) is 28.6 Å². The minimum Gasteiger partial charge on any atom is -0.322 e. The molecule has 0 radical (unpaired) electrons. The second-order valence-corrected chi connectivity index (χ2v) is 7.46. The van der Waals surface area contributed by atoms with Gasteiger partial charge in [0.15, 0.2) is 0 Å². The fourth-order valence-corrected chi connectivity index (χ4v) is 2.75. The van der Waals surface area contributed by atoms with Gasteiger partial charge in [-0.1, -0.05) is 17.7 Å². The van der Waals surface area contributed by atoms with Crippen molar-refractivity contribution in [1.29, 1.82) is 5.26 Å². The van der Waals surface area contributed by atoms with E-state index in [1.807, 2.05) is 6.07 Å². The highest BCUT2D eigenvalue weighted by molar-refractivity contribution is 7.92. The third-order valence-electron chi connectivity index (χ3n) is 3.29. The summed E-state index contributed by atoms with van der Waals surface area (Å²) in [6.07, 6.45) is 1.05. The van der Waals surface area contributed by atoms with Crippen LogP contribution in [0, 0.1) is 11.3 Å². The zero-order valence-electron chi connectivity index (χ0n) is 12.9. The first kappa shape index (κ1) is 17.8. The number of amides is 1. The van der Waals surface area contributed by atoms with Gasteiger partial charge in [-0.2, -0.15) is 5.26 Å². The van der Waals surface area contributed by atoms with Crippen LogP contribution in [0.3, 0.4) is 0 Å².